The van der Waals surface area contributed by atoms with Gasteiger partial charge in [0.25, 0.3) is 5.69 Å². The van der Waals surface area contributed by atoms with Crippen molar-refractivity contribution < 1.29 is 22.9 Å². The van der Waals surface area contributed by atoms with E-state index in [4.69, 9.17) is 16.3 Å². The van der Waals surface area contributed by atoms with Crippen LogP contribution in [0.5, 0.6) is 0 Å². The molecule has 0 spiro atoms. The Morgan fingerprint density at radius 3 is 2.36 bits per heavy atom. The molecule has 3 aromatic rings. The normalized spacial score (nSPS) is 12.2. The highest BCUT2D eigenvalue weighted by Crippen LogP contribution is 2.23. The van der Waals surface area contributed by atoms with Crippen molar-refractivity contribution in [1.82, 2.24) is 4.72 Å². The number of carbonyl (C=O) groups is 1. The Balaban J connectivity index is 1.71. The second-order valence-electron chi connectivity index (χ2n) is 7.22. The van der Waals surface area contributed by atoms with E-state index in [1.807, 2.05) is 6.07 Å². The van der Waals surface area contributed by atoms with E-state index < -0.39 is 27.0 Å². The summed E-state index contributed by atoms with van der Waals surface area (Å²) < 4.78 is 33.7. The number of nitrogens with one attached hydrogen (secondary N) is 1. The molecule has 172 valence electrons. The lowest BCUT2D eigenvalue weighted by molar-refractivity contribution is -0.385. The maximum absolute atomic E-state index is 12.9. The Hall–Kier alpha value is -3.27. The molecule has 0 unspecified atom stereocenters. The van der Waals surface area contributed by atoms with E-state index in [-0.39, 0.29) is 29.2 Å². The first kappa shape index (κ1) is 24.4. The van der Waals surface area contributed by atoms with E-state index in [1.165, 1.54) is 49.4 Å². The van der Waals surface area contributed by atoms with Crippen LogP contribution in [-0.4, -0.2) is 25.9 Å². The predicted octanol–water partition coefficient (Wildman–Crippen LogP) is 4.82. The zero-order valence-electron chi connectivity index (χ0n) is 17.6. The number of rotatable bonds is 9. The minimum Gasteiger partial charge on any atom is -0.462 e. The van der Waals surface area contributed by atoms with E-state index >= 15 is 0 Å². The van der Waals surface area contributed by atoms with Crippen LogP contribution in [0, 0.1) is 17.0 Å². The topological polar surface area (TPSA) is 116 Å². The SMILES string of the molecule is Cc1cc(C(=O)OCC[C@@H](NS(=O)(=O)c2ccc(Cl)cc2)c2ccccc2)ccc1[N+](=O)[O-]. The highest BCUT2D eigenvalue weighted by atomic mass is 35.5. The average molecular weight is 489 g/mol. The van der Waals surface area contributed by atoms with Crippen LogP contribution < -0.4 is 4.72 Å². The summed E-state index contributed by atoms with van der Waals surface area (Å²) in [6, 6.07) is 18.0. The number of aryl methyl sites for hydroxylation is 1. The number of nitrogens with zero attached hydrogens (tertiary/aromatic N) is 1. The second kappa shape index (κ2) is 10.6. The van der Waals surface area contributed by atoms with Crippen molar-refractivity contribution in [1.29, 1.82) is 0 Å². The number of nitro groups is 1. The van der Waals surface area contributed by atoms with Crippen LogP contribution in [-0.2, 0) is 14.8 Å². The van der Waals surface area contributed by atoms with Gasteiger partial charge in [0.15, 0.2) is 0 Å². The molecule has 0 aromatic heterocycles. The third kappa shape index (κ3) is 6.38. The summed E-state index contributed by atoms with van der Waals surface area (Å²) in [7, 11) is -3.86. The highest BCUT2D eigenvalue weighted by Gasteiger charge is 2.22. The van der Waals surface area contributed by atoms with Crippen LogP contribution in [0.3, 0.4) is 0 Å². The van der Waals surface area contributed by atoms with Gasteiger partial charge in [0.2, 0.25) is 10.0 Å². The van der Waals surface area contributed by atoms with Crippen LogP contribution in [0.15, 0.2) is 77.7 Å². The van der Waals surface area contributed by atoms with Crippen LogP contribution in [0.25, 0.3) is 0 Å². The lowest BCUT2D eigenvalue weighted by Gasteiger charge is -2.19. The van der Waals surface area contributed by atoms with Gasteiger partial charge in [-0.1, -0.05) is 41.9 Å². The van der Waals surface area contributed by atoms with Crippen molar-refractivity contribution in [2.24, 2.45) is 0 Å². The van der Waals surface area contributed by atoms with Crippen LogP contribution in [0.2, 0.25) is 5.02 Å². The van der Waals surface area contributed by atoms with Gasteiger partial charge in [-0.05, 0) is 48.9 Å². The molecule has 0 aliphatic rings. The number of carbonyl (C=O) groups excluding carboxylic acids is 1. The van der Waals surface area contributed by atoms with Gasteiger partial charge in [0.1, 0.15) is 0 Å². The van der Waals surface area contributed by atoms with Crippen molar-refractivity contribution >= 4 is 33.3 Å². The lowest BCUT2D eigenvalue weighted by atomic mass is 10.1. The van der Waals surface area contributed by atoms with Gasteiger partial charge in [0.05, 0.1) is 28.0 Å². The summed E-state index contributed by atoms with van der Waals surface area (Å²) in [4.78, 5) is 22.9. The number of hydrogen-bond acceptors (Lipinski definition) is 6. The molecule has 0 bridgehead atoms. The molecule has 1 N–H and O–H groups in total. The summed E-state index contributed by atoms with van der Waals surface area (Å²) in [6.45, 7) is 1.46. The molecule has 0 saturated carbocycles. The fourth-order valence-electron chi connectivity index (χ4n) is 3.19. The predicted molar refractivity (Wildman–Crippen MR) is 124 cm³/mol. The van der Waals surface area contributed by atoms with E-state index in [0.717, 1.165) is 0 Å². The minimum atomic E-state index is -3.86. The lowest BCUT2D eigenvalue weighted by Crippen LogP contribution is -2.29. The van der Waals surface area contributed by atoms with Crippen molar-refractivity contribution in [2.45, 2.75) is 24.3 Å². The summed E-state index contributed by atoms with van der Waals surface area (Å²) in [5, 5.41) is 11.4. The number of ether oxygens (including phenoxy) is 1. The molecular formula is C23H21ClN2O6S. The summed E-state index contributed by atoms with van der Waals surface area (Å²) >= 11 is 5.85. The van der Waals surface area contributed by atoms with Crippen LogP contribution in [0.1, 0.15) is 33.9 Å². The maximum atomic E-state index is 12.9. The zero-order valence-corrected chi connectivity index (χ0v) is 19.2. The average Bonchev–Trinajstić information content (AvgIpc) is 2.78. The fraction of sp³-hybridized carbons (Fsp3) is 0.174. The highest BCUT2D eigenvalue weighted by molar-refractivity contribution is 7.89. The molecule has 33 heavy (non-hydrogen) atoms. The van der Waals surface area contributed by atoms with E-state index in [2.05, 4.69) is 4.72 Å². The number of benzene rings is 3. The Labute approximate surface area is 196 Å². The molecule has 0 radical (unpaired) electrons. The molecule has 0 saturated heterocycles. The molecule has 8 nitrogen and oxygen atoms in total. The van der Waals surface area contributed by atoms with Gasteiger partial charge in [0, 0.05) is 23.1 Å². The molecule has 0 heterocycles. The zero-order chi connectivity index (χ0) is 24.0. The number of halogens is 1. The summed E-state index contributed by atoms with van der Waals surface area (Å²) in [6.07, 6.45) is 0.175. The first-order chi connectivity index (χ1) is 15.7. The van der Waals surface area contributed by atoms with Gasteiger partial charge in [-0.25, -0.2) is 17.9 Å². The Morgan fingerprint density at radius 2 is 1.76 bits per heavy atom. The molecule has 3 aromatic carbocycles. The first-order valence-corrected chi connectivity index (χ1v) is 11.8. The van der Waals surface area contributed by atoms with E-state index in [9.17, 15) is 23.3 Å². The fourth-order valence-corrected chi connectivity index (χ4v) is 4.57. The Morgan fingerprint density at radius 1 is 1.09 bits per heavy atom. The molecule has 10 heteroatoms. The minimum absolute atomic E-state index is 0.0613. The van der Waals surface area contributed by atoms with Gasteiger partial charge in [-0.3, -0.25) is 10.1 Å². The van der Waals surface area contributed by atoms with Crippen molar-refractivity contribution in [3.8, 4) is 0 Å². The standard InChI is InChI=1S/C23H21ClN2O6S/c1-16-15-18(7-12-22(16)26(28)29)23(27)32-14-13-21(17-5-3-2-4-6-17)25-33(30,31)20-10-8-19(24)9-11-20/h2-12,15,21,25H,13-14H2,1H3/t21-/m1/s1. The summed E-state index contributed by atoms with van der Waals surface area (Å²) in [5.74, 6) is -0.652. The molecule has 0 aliphatic carbocycles. The van der Waals surface area contributed by atoms with Gasteiger partial charge < -0.3 is 4.74 Å². The number of esters is 1. The summed E-state index contributed by atoms with van der Waals surface area (Å²) in [5.41, 5.74) is 1.13. The molecule has 0 amide bonds. The van der Waals surface area contributed by atoms with Gasteiger partial charge in [-0.15, -0.1) is 0 Å². The molecule has 3 rings (SSSR count). The molecular weight excluding hydrogens is 468 g/mol. The third-order valence-corrected chi connectivity index (χ3v) is 6.63. The van der Waals surface area contributed by atoms with Crippen LogP contribution >= 0.6 is 11.6 Å². The van der Waals surface area contributed by atoms with Crippen LogP contribution in [0.4, 0.5) is 5.69 Å². The van der Waals surface area contributed by atoms with E-state index in [1.54, 1.807) is 24.3 Å². The molecule has 0 fully saturated rings. The van der Waals surface area contributed by atoms with E-state index in [0.29, 0.717) is 16.1 Å². The first-order valence-electron chi connectivity index (χ1n) is 9.92. The molecule has 1 atom stereocenters. The van der Waals surface area contributed by atoms with Gasteiger partial charge in [-0.2, -0.15) is 0 Å². The second-order valence-corrected chi connectivity index (χ2v) is 9.37. The quantitative estimate of drug-likeness (QED) is 0.262. The van der Waals surface area contributed by atoms with Gasteiger partial charge >= 0.3 is 5.97 Å². The molecule has 0 aliphatic heterocycles. The monoisotopic (exact) mass is 488 g/mol. The Bertz CT molecular complexity index is 1250. The third-order valence-electron chi connectivity index (χ3n) is 4.89. The maximum Gasteiger partial charge on any atom is 0.338 e. The largest absolute Gasteiger partial charge is 0.462 e. The Kier molecular flexibility index (Phi) is 7.80. The van der Waals surface area contributed by atoms with Crippen molar-refractivity contribution in [2.75, 3.05) is 6.61 Å². The number of hydrogen-bond donors (Lipinski definition) is 1. The van der Waals surface area contributed by atoms with Crippen molar-refractivity contribution in [3.63, 3.8) is 0 Å². The smallest absolute Gasteiger partial charge is 0.338 e. The van der Waals surface area contributed by atoms with Crippen molar-refractivity contribution in [3.05, 3.63) is 105 Å². The number of sulfonamides is 1. The number of nitro benzene ring substituents is 1.